The average Bonchev–Trinajstić information content (AvgIpc) is 2.62. The molecule has 0 atom stereocenters. The highest BCUT2D eigenvalue weighted by Crippen LogP contribution is 2.42. The second kappa shape index (κ2) is 4.71. The van der Waals surface area contributed by atoms with E-state index in [-0.39, 0.29) is 0 Å². The van der Waals surface area contributed by atoms with E-state index in [1.165, 1.54) is 0 Å². The Morgan fingerprint density at radius 2 is 2.00 bits per heavy atom. The highest BCUT2D eigenvalue weighted by molar-refractivity contribution is 5.78. The van der Waals surface area contributed by atoms with Gasteiger partial charge < -0.3 is 5.11 Å². The van der Waals surface area contributed by atoms with Crippen LogP contribution in [0.1, 0.15) is 63.5 Å². The third-order valence-corrected chi connectivity index (χ3v) is 4.21. The molecule has 1 aliphatic carbocycles. The Morgan fingerprint density at radius 1 is 1.39 bits per heavy atom. The molecule has 1 aromatic heterocycles. The van der Waals surface area contributed by atoms with Crippen molar-refractivity contribution in [1.82, 2.24) is 14.8 Å². The molecule has 0 aliphatic heterocycles. The van der Waals surface area contributed by atoms with E-state index in [1.807, 2.05) is 11.5 Å². The first-order valence-electron chi connectivity index (χ1n) is 6.72. The highest BCUT2D eigenvalue weighted by Gasteiger charge is 2.48. The molecule has 5 nitrogen and oxygen atoms in total. The van der Waals surface area contributed by atoms with Gasteiger partial charge in [-0.15, -0.1) is 10.2 Å². The zero-order chi connectivity index (χ0) is 13.3. The Balaban J connectivity index is 2.49. The molecule has 100 valence electrons. The number of nitrogens with zero attached hydrogens (tertiary/aromatic N) is 3. The van der Waals surface area contributed by atoms with Gasteiger partial charge in [-0.2, -0.15) is 0 Å². The number of hydrogen-bond acceptors (Lipinski definition) is 3. The molecule has 1 heterocycles. The van der Waals surface area contributed by atoms with Crippen LogP contribution in [0.25, 0.3) is 0 Å². The maximum Gasteiger partial charge on any atom is 0.329 e. The fourth-order valence-electron chi connectivity index (χ4n) is 2.87. The quantitative estimate of drug-likeness (QED) is 0.872. The fourth-order valence-corrected chi connectivity index (χ4v) is 2.87. The van der Waals surface area contributed by atoms with E-state index in [0.717, 1.165) is 30.9 Å². The normalized spacial score (nSPS) is 17.8. The zero-order valence-corrected chi connectivity index (χ0v) is 11.3. The van der Waals surface area contributed by atoms with E-state index in [1.54, 1.807) is 0 Å². The second-order valence-electron chi connectivity index (χ2n) is 5.14. The zero-order valence-electron chi connectivity index (χ0n) is 11.3. The van der Waals surface area contributed by atoms with Crippen molar-refractivity contribution in [3.63, 3.8) is 0 Å². The lowest BCUT2D eigenvalue weighted by Crippen LogP contribution is -2.49. The molecule has 0 saturated heterocycles. The SMILES string of the molecule is CCC(CC)c1nnc(C)n1C1(C(=O)O)CCC1. The summed E-state index contributed by atoms with van der Waals surface area (Å²) in [4.78, 5) is 11.6. The predicted octanol–water partition coefficient (Wildman–Crippen LogP) is 2.45. The summed E-state index contributed by atoms with van der Waals surface area (Å²) in [6.07, 6.45) is 4.27. The topological polar surface area (TPSA) is 68.0 Å². The molecule has 1 aromatic rings. The molecule has 0 amide bonds. The van der Waals surface area contributed by atoms with Gasteiger partial charge in [0.05, 0.1) is 0 Å². The molecule has 5 heteroatoms. The summed E-state index contributed by atoms with van der Waals surface area (Å²) in [6.45, 7) is 6.06. The number of carbonyl (C=O) groups is 1. The predicted molar refractivity (Wildman–Crippen MR) is 67.5 cm³/mol. The van der Waals surface area contributed by atoms with Crippen LogP contribution in [0.3, 0.4) is 0 Å². The summed E-state index contributed by atoms with van der Waals surface area (Å²) >= 11 is 0. The highest BCUT2D eigenvalue weighted by atomic mass is 16.4. The number of carboxylic acids is 1. The summed E-state index contributed by atoms with van der Waals surface area (Å²) in [7, 11) is 0. The van der Waals surface area contributed by atoms with Gasteiger partial charge in [0.1, 0.15) is 17.2 Å². The van der Waals surface area contributed by atoms with Crippen molar-refractivity contribution in [2.24, 2.45) is 0 Å². The van der Waals surface area contributed by atoms with Crippen LogP contribution in [-0.2, 0) is 10.3 Å². The van der Waals surface area contributed by atoms with E-state index in [4.69, 9.17) is 0 Å². The minimum Gasteiger partial charge on any atom is -0.479 e. The van der Waals surface area contributed by atoms with Gasteiger partial charge in [0.25, 0.3) is 0 Å². The molecule has 2 rings (SSSR count). The lowest BCUT2D eigenvalue weighted by atomic mass is 9.76. The van der Waals surface area contributed by atoms with E-state index < -0.39 is 11.5 Å². The van der Waals surface area contributed by atoms with E-state index in [2.05, 4.69) is 24.0 Å². The van der Waals surface area contributed by atoms with Gasteiger partial charge in [0.15, 0.2) is 0 Å². The van der Waals surface area contributed by atoms with Crippen LogP contribution < -0.4 is 0 Å². The number of carboxylic acid groups (broad SMARTS) is 1. The second-order valence-corrected chi connectivity index (χ2v) is 5.14. The number of rotatable bonds is 5. The van der Waals surface area contributed by atoms with Crippen molar-refractivity contribution in [1.29, 1.82) is 0 Å². The average molecular weight is 251 g/mol. The molecule has 0 unspecified atom stereocenters. The van der Waals surface area contributed by atoms with Crippen molar-refractivity contribution in [2.75, 3.05) is 0 Å². The Hall–Kier alpha value is -1.39. The van der Waals surface area contributed by atoms with Crippen molar-refractivity contribution in [3.8, 4) is 0 Å². The van der Waals surface area contributed by atoms with Crippen molar-refractivity contribution in [3.05, 3.63) is 11.6 Å². The van der Waals surface area contributed by atoms with Gasteiger partial charge in [-0.05, 0) is 39.0 Å². The molecule has 18 heavy (non-hydrogen) atoms. The van der Waals surface area contributed by atoms with Crippen LogP contribution in [0.5, 0.6) is 0 Å². The van der Waals surface area contributed by atoms with Crippen LogP contribution >= 0.6 is 0 Å². The van der Waals surface area contributed by atoms with Gasteiger partial charge in [-0.25, -0.2) is 4.79 Å². The fraction of sp³-hybridized carbons (Fsp3) is 0.769. The first-order valence-corrected chi connectivity index (χ1v) is 6.72. The standard InChI is InChI=1S/C13H21N3O2/c1-4-10(5-2)11-15-14-9(3)16(11)13(12(17)18)7-6-8-13/h10H,4-8H2,1-3H3,(H,17,18). The Labute approximate surface area is 107 Å². The third kappa shape index (κ3) is 1.72. The summed E-state index contributed by atoms with van der Waals surface area (Å²) in [6, 6.07) is 0. The minimum absolute atomic E-state index is 0.294. The Bertz CT molecular complexity index is 445. The number of aliphatic carboxylic acids is 1. The minimum atomic E-state index is -0.786. The van der Waals surface area contributed by atoms with Crippen LogP contribution in [0.2, 0.25) is 0 Å². The summed E-state index contributed by atoms with van der Waals surface area (Å²) in [5, 5.41) is 17.9. The van der Waals surface area contributed by atoms with Gasteiger partial charge in [-0.3, -0.25) is 4.57 Å². The molecule has 1 aliphatic rings. The molecule has 1 N–H and O–H groups in total. The summed E-state index contributed by atoms with van der Waals surface area (Å²) < 4.78 is 1.89. The molecule has 1 fully saturated rings. The maximum absolute atomic E-state index is 11.6. The molecule has 0 spiro atoms. The van der Waals surface area contributed by atoms with Crippen LogP contribution in [-0.4, -0.2) is 25.8 Å². The molecule has 0 aromatic carbocycles. The first kappa shape index (κ1) is 13.1. The van der Waals surface area contributed by atoms with Gasteiger partial charge in [0, 0.05) is 5.92 Å². The lowest BCUT2D eigenvalue weighted by Gasteiger charge is -2.40. The Kier molecular flexibility index (Phi) is 3.41. The monoisotopic (exact) mass is 251 g/mol. The first-order chi connectivity index (χ1) is 8.56. The summed E-state index contributed by atoms with van der Waals surface area (Å²) in [5.74, 6) is 1.12. The van der Waals surface area contributed by atoms with Gasteiger partial charge in [0.2, 0.25) is 0 Å². The number of aromatic nitrogens is 3. The molecule has 1 saturated carbocycles. The largest absolute Gasteiger partial charge is 0.479 e. The summed E-state index contributed by atoms with van der Waals surface area (Å²) in [5.41, 5.74) is -0.786. The van der Waals surface area contributed by atoms with Gasteiger partial charge >= 0.3 is 5.97 Å². The molecule has 0 radical (unpaired) electrons. The third-order valence-electron chi connectivity index (χ3n) is 4.21. The molecular formula is C13H21N3O2. The van der Waals surface area contributed by atoms with Crippen molar-refractivity contribution >= 4 is 5.97 Å². The number of hydrogen-bond donors (Lipinski definition) is 1. The van der Waals surface area contributed by atoms with E-state index >= 15 is 0 Å². The number of aryl methyl sites for hydroxylation is 1. The van der Waals surface area contributed by atoms with Crippen molar-refractivity contribution < 1.29 is 9.90 Å². The lowest BCUT2D eigenvalue weighted by molar-refractivity contribution is -0.152. The van der Waals surface area contributed by atoms with Crippen LogP contribution in [0.15, 0.2) is 0 Å². The molecule has 0 bridgehead atoms. The van der Waals surface area contributed by atoms with Gasteiger partial charge in [-0.1, -0.05) is 13.8 Å². The van der Waals surface area contributed by atoms with E-state index in [0.29, 0.717) is 18.8 Å². The Morgan fingerprint density at radius 3 is 2.39 bits per heavy atom. The smallest absolute Gasteiger partial charge is 0.329 e. The maximum atomic E-state index is 11.6. The van der Waals surface area contributed by atoms with Crippen LogP contribution in [0.4, 0.5) is 0 Å². The van der Waals surface area contributed by atoms with Crippen molar-refractivity contribution in [2.45, 2.75) is 64.3 Å². The van der Waals surface area contributed by atoms with Crippen LogP contribution in [0, 0.1) is 6.92 Å². The van der Waals surface area contributed by atoms with E-state index in [9.17, 15) is 9.90 Å². The molecular weight excluding hydrogens is 230 g/mol.